The molecule has 0 fully saturated rings. The van der Waals surface area contributed by atoms with Gasteiger partial charge in [-0.25, -0.2) is 13.1 Å². The van der Waals surface area contributed by atoms with Gasteiger partial charge in [0.1, 0.15) is 0 Å². The monoisotopic (exact) mass is 303 g/mol. The van der Waals surface area contributed by atoms with E-state index in [1.807, 2.05) is 19.1 Å². The van der Waals surface area contributed by atoms with Gasteiger partial charge in [-0.2, -0.15) is 0 Å². The summed E-state index contributed by atoms with van der Waals surface area (Å²) in [5.74, 6) is 0. The van der Waals surface area contributed by atoms with Crippen LogP contribution in [0, 0.1) is 0 Å². The molecule has 5 heteroatoms. The Morgan fingerprint density at radius 1 is 1.21 bits per heavy atom. The highest BCUT2D eigenvalue weighted by atomic mass is 35.5. The van der Waals surface area contributed by atoms with Crippen LogP contribution in [0.1, 0.15) is 38.7 Å². The Balaban J connectivity index is 2.95. The predicted molar refractivity (Wildman–Crippen MR) is 80.2 cm³/mol. The Kier molecular flexibility index (Phi) is 6.83. The molecule has 108 valence electrons. The van der Waals surface area contributed by atoms with E-state index in [0.717, 1.165) is 24.8 Å². The third-order valence-electron chi connectivity index (χ3n) is 2.85. The van der Waals surface area contributed by atoms with E-state index in [1.165, 1.54) is 0 Å². The topological polar surface area (TPSA) is 46.2 Å². The van der Waals surface area contributed by atoms with E-state index >= 15 is 0 Å². The third-order valence-corrected chi connectivity index (χ3v) is 4.78. The molecule has 0 radical (unpaired) electrons. The number of sulfonamides is 1. The van der Waals surface area contributed by atoms with E-state index in [0.29, 0.717) is 17.9 Å². The Morgan fingerprint density at radius 3 is 2.53 bits per heavy atom. The minimum Gasteiger partial charge on any atom is -0.211 e. The first kappa shape index (κ1) is 16.5. The van der Waals surface area contributed by atoms with Gasteiger partial charge in [-0.05, 0) is 30.9 Å². The Labute approximate surface area is 121 Å². The van der Waals surface area contributed by atoms with E-state index in [1.54, 1.807) is 12.1 Å². The van der Waals surface area contributed by atoms with Crippen LogP contribution >= 0.6 is 11.6 Å². The summed E-state index contributed by atoms with van der Waals surface area (Å²) < 4.78 is 27.0. The minimum absolute atomic E-state index is 0.0208. The molecule has 1 aromatic carbocycles. The van der Waals surface area contributed by atoms with E-state index in [9.17, 15) is 8.42 Å². The summed E-state index contributed by atoms with van der Waals surface area (Å²) in [6.45, 7) is 4.46. The summed E-state index contributed by atoms with van der Waals surface area (Å²) >= 11 is 6.23. The summed E-state index contributed by atoms with van der Waals surface area (Å²) in [5.41, 5.74) is 0.791. The number of nitrogens with one attached hydrogen (secondary N) is 1. The van der Waals surface area contributed by atoms with Crippen molar-refractivity contribution in [2.45, 2.75) is 49.8 Å². The van der Waals surface area contributed by atoms with Gasteiger partial charge >= 0.3 is 0 Å². The van der Waals surface area contributed by atoms with Gasteiger partial charge in [-0.15, -0.1) is 11.6 Å². The number of benzene rings is 1. The van der Waals surface area contributed by atoms with Crippen LogP contribution < -0.4 is 4.72 Å². The normalized spacial score (nSPS) is 13.4. The zero-order valence-corrected chi connectivity index (χ0v) is 13.1. The molecular formula is C14H22ClNO2S. The minimum atomic E-state index is -3.42. The second kappa shape index (κ2) is 7.88. The Hall–Kier alpha value is -0.580. The van der Waals surface area contributed by atoms with Crippen LogP contribution in [0.3, 0.4) is 0 Å². The molecule has 0 aliphatic rings. The molecule has 1 atom stereocenters. The molecule has 0 heterocycles. The lowest BCUT2D eigenvalue weighted by atomic mass is 10.1. The van der Waals surface area contributed by atoms with Crippen molar-refractivity contribution in [3.63, 3.8) is 0 Å². The van der Waals surface area contributed by atoms with Gasteiger partial charge in [-0.1, -0.05) is 38.5 Å². The van der Waals surface area contributed by atoms with Crippen molar-refractivity contribution in [1.82, 2.24) is 4.72 Å². The van der Waals surface area contributed by atoms with Gasteiger partial charge in [0.2, 0.25) is 10.0 Å². The molecule has 1 rings (SSSR count). The van der Waals surface area contributed by atoms with Crippen LogP contribution in [-0.2, 0) is 16.4 Å². The lowest BCUT2D eigenvalue weighted by Gasteiger charge is -2.13. The standard InChI is InChI=1S/C14H22ClNO2S/c1-3-7-13(15)11-12-8-5-6-9-14(12)19(17,18)16-10-4-2/h5-6,8-9,13,16H,3-4,7,10-11H2,1-2H3. The first-order valence-corrected chi connectivity index (χ1v) is 8.64. The second-order valence-corrected chi connectivity index (χ2v) is 6.95. The summed E-state index contributed by atoms with van der Waals surface area (Å²) in [6.07, 6.45) is 3.24. The van der Waals surface area contributed by atoms with Crippen molar-refractivity contribution in [1.29, 1.82) is 0 Å². The third kappa shape index (κ3) is 5.13. The summed E-state index contributed by atoms with van der Waals surface area (Å²) in [5, 5.41) is -0.0208. The van der Waals surface area contributed by atoms with Gasteiger partial charge in [0, 0.05) is 11.9 Å². The number of halogens is 1. The maximum Gasteiger partial charge on any atom is 0.240 e. The average Bonchev–Trinajstić information content (AvgIpc) is 2.37. The molecule has 0 saturated heterocycles. The number of hydrogen-bond acceptors (Lipinski definition) is 2. The lowest BCUT2D eigenvalue weighted by Crippen LogP contribution is -2.25. The fourth-order valence-electron chi connectivity index (χ4n) is 1.90. The zero-order chi connectivity index (χ0) is 14.3. The quantitative estimate of drug-likeness (QED) is 0.749. The fraction of sp³-hybridized carbons (Fsp3) is 0.571. The highest BCUT2D eigenvalue weighted by Crippen LogP contribution is 2.20. The molecule has 3 nitrogen and oxygen atoms in total. The van der Waals surface area contributed by atoms with Crippen molar-refractivity contribution >= 4 is 21.6 Å². The van der Waals surface area contributed by atoms with E-state index in [-0.39, 0.29) is 5.38 Å². The van der Waals surface area contributed by atoms with E-state index in [4.69, 9.17) is 11.6 Å². The molecule has 0 bridgehead atoms. The van der Waals surface area contributed by atoms with Crippen LogP contribution in [0.4, 0.5) is 0 Å². The fourth-order valence-corrected chi connectivity index (χ4v) is 3.67. The Bertz CT molecular complexity index is 488. The molecule has 1 unspecified atom stereocenters. The number of hydrogen-bond donors (Lipinski definition) is 1. The first-order valence-electron chi connectivity index (χ1n) is 6.72. The molecule has 0 amide bonds. The van der Waals surface area contributed by atoms with Gasteiger partial charge in [-0.3, -0.25) is 0 Å². The Morgan fingerprint density at radius 2 is 1.89 bits per heavy atom. The van der Waals surface area contributed by atoms with Gasteiger partial charge in [0.15, 0.2) is 0 Å². The first-order chi connectivity index (χ1) is 9.01. The summed E-state index contributed by atoms with van der Waals surface area (Å²) in [7, 11) is -3.42. The lowest BCUT2D eigenvalue weighted by molar-refractivity contribution is 0.579. The smallest absolute Gasteiger partial charge is 0.211 e. The van der Waals surface area contributed by atoms with E-state index < -0.39 is 10.0 Å². The average molecular weight is 304 g/mol. The van der Waals surface area contributed by atoms with Crippen molar-refractivity contribution in [3.05, 3.63) is 29.8 Å². The second-order valence-electron chi connectivity index (χ2n) is 4.60. The molecule has 0 saturated carbocycles. The van der Waals surface area contributed by atoms with Gasteiger partial charge in [0.25, 0.3) is 0 Å². The maximum absolute atomic E-state index is 12.2. The van der Waals surface area contributed by atoms with Crippen LogP contribution in [0.5, 0.6) is 0 Å². The van der Waals surface area contributed by atoms with Crippen LogP contribution in [-0.4, -0.2) is 20.3 Å². The predicted octanol–water partition coefficient (Wildman–Crippen LogP) is 3.32. The van der Waals surface area contributed by atoms with Crippen molar-refractivity contribution < 1.29 is 8.42 Å². The highest BCUT2D eigenvalue weighted by Gasteiger charge is 2.18. The molecule has 0 spiro atoms. The van der Waals surface area contributed by atoms with Crippen LogP contribution in [0.15, 0.2) is 29.2 Å². The highest BCUT2D eigenvalue weighted by molar-refractivity contribution is 7.89. The van der Waals surface area contributed by atoms with Crippen molar-refractivity contribution in [2.24, 2.45) is 0 Å². The maximum atomic E-state index is 12.2. The molecule has 0 aliphatic heterocycles. The van der Waals surface area contributed by atoms with Gasteiger partial charge in [0.05, 0.1) is 4.90 Å². The van der Waals surface area contributed by atoms with Gasteiger partial charge < -0.3 is 0 Å². The number of alkyl halides is 1. The van der Waals surface area contributed by atoms with E-state index in [2.05, 4.69) is 11.6 Å². The molecule has 1 N–H and O–H groups in total. The summed E-state index contributed by atoms with van der Waals surface area (Å²) in [4.78, 5) is 0.352. The molecule has 0 aliphatic carbocycles. The van der Waals surface area contributed by atoms with Crippen LogP contribution in [0.2, 0.25) is 0 Å². The summed E-state index contributed by atoms with van der Waals surface area (Å²) in [6, 6.07) is 7.07. The van der Waals surface area contributed by atoms with Crippen LogP contribution in [0.25, 0.3) is 0 Å². The molecule has 0 aromatic heterocycles. The molecule has 19 heavy (non-hydrogen) atoms. The number of rotatable bonds is 8. The molecular weight excluding hydrogens is 282 g/mol. The molecule has 1 aromatic rings. The SMILES string of the molecule is CCCNS(=O)(=O)c1ccccc1CC(Cl)CCC. The van der Waals surface area contributed by atoms with Crippen molar-refractivity contribution in [3.8, 4) is 0 Å². The van der Waals surface area contributed by atoms with Crippen molar-refractivity contribution in [2.75, 3.05) is 6.54 Å². The largest absolute Gasteiger partial charge is 0.240 e. The zero-order valence-electron chi connectivity index (χ0n) is 11.5.